The van der Waals surface area contributed by atoms with E-state index in [2.05, 4.69) is 30.6 Å². The topological polar surface area (TPSA) is 153 Å². The number of alkyl halides is 3. The van der Waals surface area contributed by atoms with E-state index in [1.54, 1.807) is 13.8 Å². The number of aromatic nitrogens is 4. The molecule has 0 bridgehead atoms. The minimum Gasteiger partial charge on any atom is -0.505 e. The minimum absolute atomic E-state index is 0.0465. The van der Waals surface area contributed by atoms with Crippen molar-refractivity contribution in [1.82, 2.24) is 19.9 Å². The first-order valence-corrected chi connectivity index (χ1v) is 13.7. The Balaban J connectivity index is 1.68. The highest BCUT2D eigenvalue weighted by Crippen LogP contribution is 2.35. The fourth-order valence-electron chi connectivity index (χ4n) is 3.93. The molecular formula is C25H26F3N7O4S. The van der Waals surface area contributed by atoms with E-state index >= 15 is 0 Å². The van der Waals surface area contributed by atoms with Crippen LogP contribution in [0.25, 0.3) is 10.8 Å². The van der Waals surface area contributed by atoms with E-state index in [0.717, 1.165) is 10.6 Å². The van der Waals surface area contributed by atoms with Gasteiger partial charge in [-0.25, -0.2) is 18.4 Å². The molecule has 3 heterocycles. The normalized spacial score (nSPS) is 12.1. The Kier molecular flexibility index (Phi) is 7.61. The molecule has 0 saturated carbocycles. The zero-order valence-electron chi connectivity index (χ0n) is 21.8. The molecule has 0 aliphatic heterocycles. The van der Waals surface area contributed by atoms with E-state index in [1.165, 1.54) is 43.6 Å². The van der Waals surface area contributed by atoms with Crippen molar-refractivity contribution in [3.8, 4) is 5.75 Å². The molecule has 40 heavy (non-hydrogen) atoms. The molecule has 0 aliphatic rings. The van der Waals surface area contributed by atoms with Gasteiger partial charge in [-0.1, -0.05) is 19.9 Å². The summed E-state index contributed by atoms with van der Waals surface area (Å²) in [6.07, 6.45) is -1.82. The summed E-state index contributed by atoms with van der Waals surface area (Å²) < 4.78 is 66.2. The van der Waals surface area contributed by atoms with Crippen LogP contribution in [0.5, 0.6) is 5.75 Å². The number of H-pyrrole nitrogens is 1. The molecule has 4 N–H and O–H groups in total. The Morgan fingerprint density at radius 2 is 1.88 bits per heavy atom. The highest BCUT2D eigenvalue weighted by atomic mass is 32.2. The lowest BCUT2D eigenvalue weighted by molar-refractivity contribution is -0.137. The maximum absolute atomic E-state index is 13.8. The lowest BCUT2D eigenvalue weighted by Gasteiger charge is -2.20. The van der Waals surface area contributed by atoms with Crippen molar-refractivity contribution in [2.75, 3.05) is 28.2 Å². The number of fused-ring (bicyclic) bond motifs is 1. The van der Waals surface area contributed by atoms with Crippen LogP contribution in [0.2, 0.25) is 0 Å². The Bertz CT molecular complexity index is 1740. The van der Waals surface area contributed by atoms with Gasteiger partial charge in [0, 0.05) is 42.6 Å². The first-order valence-electron chi connectivity index (χ1n) is 11.9. The Morgan fingerprint density at radius 1 is 1.15 bits per heavy atom. The summed E-state index contributed by atoms with van der Waals surface area (Å²) >= 11 is 0. The molecule has 0 saturated heterocycles. The van der Waals surface area contributed by atoms with Gasteiger partial charge in [0.25, 0.3) is 5.56 Å². The zero-order valence-corrected chi connectivity index (χ0v) is 22.6. The second-order valence-corrected chi connectivity index (χ2v) is 11.3. The lowest BCUT2D eigenvalue weighted by atomic mass is 10.0. The van der Waals surface area contributed by atoms with Crippen LogP contribution in [0.3, 0.4) is 0 Å². The van der Waals surface area contributed by atoms with Crippen molar-refractivity contribution in [3.63, 3.8) is 0 Å². The van der Waals surface area contributed by atoms with Gasteiger partial charge < -0.3 is 20.7 Å². The summed E-state index contributed by atoms with van der Waals surface area (Å²) in [6.45, 7) is 3.38. The number of aromatic amines is 1. The molecule has 0 spiro atoms. The lowest BCUT2D eigenvalue weighted by Crippen LogP contribution is -2.27. The third kappa shape index (κ3) is 5.93. The van der Waals surface area contributed by atoms with E-state index in [0.29, 0.717) is 23.1 Å². The molecule has 4 aromatic rings. The molecule has 0 atom stereocenters. The second-order valence-electron chi connectivity index (χ2n) is 9.28. The standard InChI is InChI=1S/C25H26F3N7O4S/c1-13(2)19-20(36)17-10-15(7-8-16(17)23(37)33-19)32-24-31-12-18(25(26,27)28)21(34-24)30-11-14-6-5-9-29-22(14)35(3)40(4,38)39/h5-10,12-13,36H,11H2,1-4H3,(H,33,37)(H2,30,31,32,34). The molecule has 0 unspecified atom stereocenters. The molecule has 1 aromatic carbocycles. The Morgan fingerprint density at radius 3 is 2.52 bits per heavy atom. The molecule has 3 aromatic heterocycles. The number of hydrogen-bond acceptors (Lipinski definition) is 9. The summed E-state index contributed by atoms with van der Waals surface area (Å²) in [5.41, 5.74) is -0.546. The van der Waals surface area contributed by atoms with Crippen LogP contribution < -0.4 is 20.5 Å². The number of hydrogen-bond donors (Lipinski definition) is 4. The molecule has 15 heteroatoms. The molecule has 0 aliphatic carbocycles. The maximum Gasteiger partial charge on any atom is 0.421 e. The first kappa shape index (κ1) is 28.6. The molecule has 0 fully saturated rings. The quantitative estimate of drug-likeness (QED) is 0.240. The number of nitrogens with one attached hydrogen (secondary N) is 3. The van der Waals surface area contributed by atoms with E-state index in [4.69, 9.17) is 0 Å². The molecule has 11 nitrogen and oxygen atoms in total. The smallest absolute Gasteiger partial charge is 0.421 e. The number of anilines is 4. The predicted molar refractivity (Wildman–Crippen MR) is 145 cm³/mol. The monoisotopic (exact) mass is 577 g/mol. The van der Waals surface area contributed by atoms with Gasteiger partial charge in [0.15, 0.2) is 0 Å². The average Bonchev–Trinajstić information content (AvgIpc) is 2.88. The SMILES string of the molecule is CC(C)c1[nH]c(=O)c2ccc(Nc3ncc(C(F)(F)F)c(NCc4cccnc4N(C)S(C)(=O)=O)n3)cc2c1O. The molecule has 0 radical (unpaired) electrons. The summed E-state index contributed by atoms with van der Waals surface area (Å²) in [6, 6.07) is 7.50. The van der Waals surface area contributed by atoms with Crippen LogP contribution in [0.1, 0.15) is 36.6 Å². The van der Waals surface area contributed by atoms with Crippen molar-refractivity contribution in [2.45, 2.75) is 32.5 Å². The Labute approximate surface area is 227 Å². The highest BCUT2D eigenvalue weighted by molar-refractivity contribution is 7.92. The predicted octanol–water partition coefficient (Wildman–Crippen LogP) is 4.31. The molecule has 212 valence electrons. The maximum atomic E-state index is 13.8. The van der Waals surface area contributed by atoms with Gasteiger partial charge in [-0.2, -0.15) is 18.2 Å². The van der Waals surface area contributed by atoms with Crippen LogP contribution in [-0.2, 0) is 22.7 Å². The van der Waals surface area contributed by atoms with Crippen LogP contribution in [0.15, 0.2) is 47.5 Å². The minimum atomic E-state index is -4.79. The summed E-state index contributed by atoms with van der Waals surface area (Å²) in [4.78, 5) is 26.9. The van der Waals surface area contributed by atoms with Gasteiger partial charge in [0.2, 0.25) is 16.0 Å². The van der Waals surface area contributed by atoms with E-state index in [1.807, 2.05) is 0 Å². The second kappa shape index (κ2) is 10.6. The van der Waals surface area contributed by atoms with Gasteiger partial charge in [-0.05, 0) is 30.2 Å². The van der Waals surface area contributed by atoms with Crippen molar-refractivity contribution >= 4 is 44.1 Å². The van der Waals surface area contributed by atoms with Crippen molar-refractivity contribution < 1.29 is 26.7 Å². The van der Waals surface area contributed by atoms with E-state index < -0.39 is 33.1 Å². The van der Waals surface area contributed by atoms with Crippen molar-refractivity contribution in [2.24, 2.45) is 0 Å². The number of benzene rings is 1. The zero-order chi connectivity index (χ0) is 29.4. The van der Waals surface area contributed by atoms with Crippen molar-refractivity contribution in [1.29, 1.82) is 0 Å². The van der Waals surface area contributed by atoms with E-state index in [9.17, 15) is 31.5 Å². The summed E-state index contributed by atoms with van der Waals surface area (Å²) in [5, 5.41) is 16.6. The third-order valence-electron chi connectivity index (χ3n) is 6.06. The van der Waals surface area contributed by atoms with Crippen LogP contribution in [0.4, 0.5) is 36.4 Å². The van der Waals surface area contributed by atoms with Gasteiger partial charge >= 0.3 is 6.18 Å². The first-order chi connectivity index (χ1) is 18.7. The fourth-order valence-corrected chi connectivity index (χ4v) is 4.41. The molecule has 0 amide bonds. The van der Waals surface area contributed by atoms with Crippen LogP contribution in [0, 0.1) is 0 Å². The number of sulfonamides is 1. The number of rotatable bonds is 8. The number of halogens is 3. The largest absolute Gasteiger partial charge is 0.505 e. The molecule has 4 rings (SSSR count). The third-order valence-corrected chi connectivity index (χ3v) is 7.23. The van der Waals surface area contributed by atoms with Crippen molar-refractivity contribution in [3.05, 3.63) is 69.9 Å². The number of aromatic hydroxyl groups is 1. The highest BCUT2D eigenvalue weighted by Gasteiger charge is 2.35. The summed E-state index contributed by atoms with van der Waals surface area (Å²) in [5.74, 6) is -0.981. The average molecular weight is 578 g/mol. The van der Waals surface area contributed by atoms with Crippen LogP contribution in [-0.4, -0.2) is 46.8 Å². The van der Waals surface area contributed by atoms with E-state index in [-0.39, 0.29) is 40.8 Å². The molecular weight excluding hydrogens is 551 g/mol. The van der Waals surface area contributed by atoms with Gasteiger partial charge in [-0.3, -0.25) is 9.10 Å². The number of nitrogens with zero attached hydrogens (tertiary/aromatic N) is 4. The number of pyridine rings is 2. The van der Waals surface area contributed by atoms with Crippen LogP contribution >= 0.6 is 0 Å². The Hall–Kier alpha value is -4.40. The van der Waals surface area contributed by atoms with Gasteiger partial charge in [0.05, 0.1) is 17.3 Å². The summed E-state index contributed by atoms with van der Waals surface area (Å²) in [7, 11) is -2.39. The van der Waals surface area contributed by atoms with Gasteiger partial charge in [0.1, 0.15) is 22.9 Å². The fraction of sp³-hybridized carbons (Fsp3) is 0.280. The van der Waals surface area contributed by atoms with Gasteiger partial charge in [-0.15, -0.1) is 0 Å².